The van der Waals surface area contributed by atoms with Crippen LogP contribution in [0.4, 0.5) is 10.5 Å². The number of benzene rings is 1. The Bertz CT molecular complexity index is 683. The van der Waals surface area contributed by atoms with E-state index < -0.39 is 6.03 Å². The molecule has 0 spiro atoms. The molecule has 0 aliphatic rings. The van der Waals surface area contributed by atoms with Crippen molar-refractivity contribution in [3.8, 4) is 0 Å². The number of rotatable bonds is 5. The highest BCUT2D eigenvalue weighted by Crippen LogP contribution is 2.18. The van der Waals surface area contributed by atoms with Crippen molar-refractivity contribution in [3.05, 3.63) is 39.8 Å². The molecular weight excluding hydrogens is 302 g/mol. The number of carbonyl (C=O) groups is 2. The second kappa shape index (κ2) is 6.99. The van der Waals surface area contributed by atoms with Crippen LogP contribution in [0.15, 0.2) is 24.3 Å². The molecule has 3 amide bonds. The van der Waals surface area contributed by atoms with Crippen molar-refractivity contribution in [2.24, 2.45) is 5.73 Å². The third kappa shape index (κ3) is 4.26. The van der Waals surface area contributed by atoms with Crippen LogP contribution in [0.5, 0.6) is 0 Å². The zero-order valence-corrected chi connectivity index (χ0v) is 13.1. The summed E-state index contributed by atoms with van der Waals surface area (Å²) in [7, 11) is 0. The van der Waals surface area contributed by atoms with Crippen LogP contribution in [0.3, 0.4) is 0 Å². The molecule has 7 nitrogen and oxygen atoms in total. The van der Waals surface area contributed by atoms with Gasteiger partial charge in [0.1, 0.15) is 10.0 Å². The number of primary amides is 1. The maximum absolute atomic E-state index is 12.1. The van der Waals surface area contributed by atoms with E-state index in [0.29, 0.717) is 23.7 Å². The lowest BCUT2D eigenvalue weighted by Gasteiger charge is -2.06. The monoisotopic (exact) mass is 319 g/mol. The molecule has 1 heterocycles. The SMILES string of the molecule is CC(C)c1nnc(CNC(=O)c2cccc(NC(N)=O)c2)s1. The number of anilines is 1. The summed E-state index contributed by atoms with van der Waals surface area (Å²) in [6, 6.07) is 5.86. The highest BCUT2D eigenvalue weighted by Gasteiger charge is 2.10. The van der Waals surface area contributed by atoms with Crippen LogP contribution in [-0.4, -0.2) is 22.1 Å². The lowest BCUT2D eigenvalue weighted by molar-refractivity contribution is 0.0951. The van der Waals surface area contributed by atoms with Crippen molar-refractivity contribution >= 4 is 29.0 Å². The molecule has 0 aliphatic heterocycles. The molecule has 4 N–H and O–H groups in total. The van der Waals surface area contributed by atoms with Crippen molar-refractivity contribution in [1.29, 1.82) is 0 Å². The molecule has 2 rings (SSSR count). The number of nitrogens with zero attached hydrogens (tertiary/aromatic N) is 2. The summed E-state index contributed by atoms with van der Waals surface area (Å²) in [5.41, 5.74) is 5.95. The number of aromatic nitrogens is 2. The van der Waals surface area contributed by atoms with Gasteiger partial charge in [0.15, 0.2) is 0 Å². The fourth-order valence-electron chi connectivity index (χ4n) is 1.71. The first-order valence-corrected chi connectivity index (χ1v) is 7.54. The van der Waals surface area contributed by atoms with E-state index >= 15 is 0 Å². The number of amides is 3. The zero-order chi connectivity index (χ0) is 16.1. The van der Waals surface area contributed by atoms with E-state index in [1.165, 1.54) is 11.3 Å². The van der Waals surface area contributed by atoms with E-state index in [-0.39, 0.29) is 5.91 Å². The van der Waals surface area contributed by atoms with Crippen LogP contribution in [0.1, 0.15) is 40.1 Å². The van der Waals surface area contributed by atoms with Gasteiger partial charge in [-0.05, 0) is 18.2 Å². The summed E-state index contributed by atoms with van der Waals surface area (Å²) >= 11 is 1.48. The summed E-state index contributed by atoms with van der Waals surface area (Å²) in [5, 5.41) is 15.0. The molecule has 0 saturated carbocycles. The van der Waals surface area contributed by atoms with Crippen LogP contribution in [-0.2, 0) is 6.54 Å². The number of nitrogens with one attached hydrogen (secondary N) is 2. The summed E-state index contributed by atoms with van der Waals surface area (Å²) in [6.07, 6.45) is 0. The van der Waals surface area contributed by atoms with Gasteiger partial charge in [0, 0.05) is 17.2 Å². The smallest absolute Gasteiger partial charge is 0.316 e. The number of carbonyl (C=O) groups excluding carboxylic acids is 2. The van der Waals surface area contributed by atoms with Crippen molar-refractivity contribution in [2.45, 2.75) is 26.3 Å². The van der Waals surface area contributed by atoms with Gasteiger partial charge in [-0.25, -0.2) is 4.79 Å². The molecular formula is C14H17N5O2S. The van der Waals surface area contributed by atoms with Gasteiger partial charge >= 0.3 is 6.03 Å². The van der Waals surface area contributed by atoms with Gasteiger partial charge in [-0.1, -0.05) is 31.3 Å². The lowest BCUT2D eigenvalue weighted by Crippen LogP contribution is -2.23. The summed E-state index contributed by atoms with van der Waals surface area (Å²) in [4.78, 5) is 22.9. The maximum Gasteiger partial charge on any atom is 0.316 e. The predicted molar refractivity (Wildman–Crippen MR) is 84.8 cm³/mol. The van der Waals surface area contributed by atoms with E-state index in [1.54, 1.807) is 24.3 Å². The third-order valence-electron chi connectivity index (χ3n) is 2.77. The molecule has 0 bridgehead atoms. The summed E-state index contributed by atoms with van der Waals surface area (Å²) in [6.45, 7) is 4.40. The molecule has 1 aromatic carbocycles. The van der Waals surface area contributed by atoms with Gasteiger partial charge in [0.25, 0.3) is 5.91 Å². The van der Waals surface area contributed by atoms with Crippen molar-refractivity contribution < 1.29 is 9.59 Å². The van der Waals surface area contributed by atoms with Crippen LogP contribution < -0.4 is 16.4 Å². The molecule has 0 fully saturated rings. The maximum atomic E-state index is 12.1. The van der Waals surface area contributed by atoms with E-state index in [2.05, 4.69) is 20.8 Å². The van der Waals surface area contributed by atoms with E-state index in [1.807, 2.05) is 13.8 Å². The van der Waals surface area contributed by atoms with E-state index in [0.717, 1.165) is 10.0 Å². The minimum atomic E-state index is -0.673. The Labute approximate surface area is 131 Å². The van der Waals surface area contributed by atoms with Gasteiger partial charge in [-0.15, -0.1) is 10.2 Å². The van der Waals surface area contributed by atoms with Crippen LogP contribution in [0.2, 0.25) is 0 Å². The number of nitrogens with two attached hydrogens (primary N) is 1. The van der Waals surface area contributed by atoms with E-state index in [4.69, 9.17) is 5.73 Å². The predicted octanol–water partition coefficient (Wildman–Crippen LogP) is 2.08. The molecule has 1 aromatic heterocycles. The van der Waals surface area contributed by atoms with Crippen molar-refractivity contribution in [1.82, 2.24) is 15.5 Å². The third-order valence-corrected chi connectivity index (χ3v) is 3.99. The topological polar surface area (TPSA) is 110 Å². The van der Waals surface area contributed by atoms with Gasteiger partial charge in [0.05, 0.1) is 6.54 Å². The van der Waals surface area contributed by atoms with Gasteiger partial charge in [-0.2, -0.15) is 0 Å². The fourth-order valence-corrected chi connectivity index (χ4v) is 2.49. The Hall–Kier alpha value is -2.48. The molecule has 8 heteroatoms. The molecule has 2 aromatic rings. The standard InChI is InChI=1S/C14H17N5O2S/c1-8(2)13-19-18-11(22-13)7-16-12(20)9-4-3-5-10(6-9)17-14(15)21/h3-6,8H,7H2,1-2H3,(H,16,20)(H3,15,17,21). The summed E-state index contributed by atoms with van der Waals surface area (Å²) < 4.78 is 0. The average Bonchev–Trinajstić information content (AvgIpc) is 2.93. The largest absolute Gasteiger partial charge is 0.351 e. The Morgan fingerprint density at radius 2 is 2.09 bits per heavy atom. The lowest BCUT2D eigenvalue weighted by atomic mass is 10.2. The van der Waals surface area contributed by atoms with Crippen molar-refractivity contribution in [3.63, 3.8) is 0 Å². The first kappa shape index (κ1) is 15.9. The highest BCUT2D eigenvalue weighted by atomic mass is 32.1. The minimum Gasteiger partial charge on any atom is -0.351 e. The Kier molecular flexibility index (Phi) is 5.05. The van der Waals surface area contributed by atoms with E-state index in [9.17, 15) is 9.59 Å². The first-order chi connectivity index (χ1) is 10.5. The Morgan fingerprint density at radius 1 is 1.32 bits per heavy atom. The second-order valence-electron chi connectivity index (χ2n) is 4.94. The normalized spacial score (nSPS) is 10.5. The first-order valence-electron chi connectivity index (χ1n) is 6.72. The molecule has 0 unspecified atom stereocenters. The average molecular weight is 319 g/mol. The quantitative estimate of drug-likeness (QED) is 0.783. The fraction of sp³-hybridized carbons (Fsp3) is 0.286. The molecule has 22 heavy (non-hydrogen) atoms. The van der Waals surface area contributed by atoms with Gasteiger partial charge in [0.2, 0.25) is 0 Å². The molecule has 0 radical (unpaired) electrons. The number of hydrogen-bond donors (Lipinski definition) is 3. The number of urea groups is 1. The van der Waals surface area contributed by atoms with Gasteiger partial charge in [-0.3, -0.25) is 4.79 Å². The molecule has 116 valence electrons. The Balaban J connectivity index is 1.98. The summed E-state index contributed by atoms with van der Waals surface area (Å²) in [5.74, 6) is 0.0629. The number of hydrogen-bond acceptors (Lipinski definition) is 5. The molecule has 0 aliphatic carbocycles. The van der Waals surface area contributed by atoms with Crippen LogP contribution in [0, 0.1) is 0 Å². The molecule has 0 saturated heterocycles. The Morgan fingerprint density at radius 3 is 2.73 bits per heavy atom. The van der Waals surface area contributed by atoms with Crippen LogP contribution >= 0.6 is 11.3 Å². The zero-order valence-electron chi connectivity index (χ0n) is 12.3. The second-order valence-corrected chi connectivity index (χ2v) is 6.04. The molecule has 0 atom stereocenters. The van der Waals surface area contributed by atoms with Gasteiger partial charge < -0.3 is 16.4 Å². The minimum absolute atomic E-state index is 0.255. The van der Waals surface area contributed by atoms with Crippen molar-refractivity contribution in [2.75, 3.05) is 5.32 Å². The van der Waals surface area contributed by atoms with Crippen LogP contribution in [0.25, 0.3) is 0 Å². The highest BCUT2D eigenvalue weighted by molar-refractivity contribution is 7.11.